The number of aromatic nitrogens is 1. The number of hydrogen-bond donors (Lipinski definition) is 1. The molecular formula is C13H18N2O. The normalized spacial score (nSPS) is 11.5. The van der Waals surface area contributed by atoms with Crippen LogP contribution in [0.25, 0.3) is 11.1 Å². The summed E-state index contributed by atoms with van der Waals surface area (Å²) < 4.78 is 5.68. The molecule has 2 aromatic rings. The predicted octanol–water partition coefficient (Wildman–Crippen LogP) is 2.75. The van der Waals surface area contributed by atoms with E-state index in [4.69, 9.17) is 4.42 Å². The maximum Gasteiger partial charge on any atom is 0.195 e. The SMILES string of the molecule is CNCc1ccc2oc(CC(C)C)nc2c1. The average molecular weight is 218 g/mol. The minimum Gasteiger partial charge on any atom is -0.441 e. The summed E-state index contributed by atoms with van der Waals surface area (Å²) >= 11 is 0. The highest BCUT2D eigenvalue weighted by Crippen LogP contribution is 2.19. The Morgan fingerprint density at radius 1 is 1.38 bits per heavy atom. The van der Waals surface area contributed by atoms with Crippen molar-refractivity contribution in [1.82, 2.24) is 10.3 Å². The molecule has 0 aliphatic heterocycles. The van der Waals surface area contributed by atoms with Gasteiger partial charge in [-0.2, -0.15) is 0 Å². The van der Waals surface area contributed by atoms with Crippen molar-refractivity contribution in [1.29, 1.82) is 0 Å². The third-order valence-electron chi connectivity index (χ3n) is 2.46. The molecular weight excluding hydrogens is 200 g/mol. The quantitative estimate of drug-likeness (QED) is 0.857. The van der Waals surface area contributed by atoms with Crippen LogP contribution in [0, 0.1) is 5.92 Å². The van der Waals surface area contributed by atoms with Gasteiger partial charge in [-0.15, -0.1) is 0 Å². The molecule has 0 aliphatic rings. The predicted molar refractivity (Wildman–Crippen MR) is 65.3 cm³/mol. The van der Waals surface area contributed by atoms with E-state index in [1.807, 2.05) is 13.1 Å². The summed E-state index contributed by atoms with van der Waals surface area (Å²) in [4.78, 5) is 4.50. The lowest BCUT2D eigenvalue weighted by molar-refractivity contribution is 0.482. The van der Waals surface area contributed by atoms with E-state index in [0.29, 0.717) is 5.92 Å². The summed E-state index contributed by atoms with van der Waals surface area (Å²) in [5.74, 6) is 1.41. The Hall–Kier alpha value is -1.35. The van der Waals surface area contributed by atoms with Crippen LogP contribution in [0.4, 0.5) is 0 Å². The van der Waals surface area contributed by atoms with Crippen LogP contribution >= 0.6 is 0 Å². The first-order chi connectivity index (χ1) is 7.69. The van der Waals surface area contributed by atoms with Gasteiger partial charge >= 0.3 is 0 Å². The van der Waals surface area contributed by atoms with Crippen molar-refractivity contribution in [3.05, 3.63) is 29.7 Å². The fourth-order valence-electron chi connectivity index (χ4n) is 1.77. The van der Waals surface area contributed by atoms with Gasteiger partial charge in [0.1, 0.15) is 5.52 Å². The number of nitrogens with zero attached hydrogens (tertiary/aromatic N) is 1. The number of oxazole rings is 1. The van der Waals surface area contributed by atoms with Crippen LogP contribution in [0.3, 0.4) is 0 Å². The van der Waals surface area contributed by atoms with Gasteiger partial charge in [0, 0.05) is 13.0 Å². The highest BCUT2D eigenvalue weighted by atomic mass is 16.3. The molecule has 3 heteroatoms. The highest BCUT2D eigenvalue weighted by molar-refractivity contribution is 5.73. The first kappa shape index (κ1) is 11.1. The second kappa shape index (κ2) is 4.66. The van der Waals surface area contributed by atoms with Gasteiger partial charge in [0.25, 0.3) is 0 Å². The molecule has 1 aromatic carbocycles. The second-order valence-corrected chi connectivity index (χ2v) is 4.54. The third-order valence-corrected chi connectivity index (χ3v) is 2.46. The van der Waals surface area contributed by atoms with E-state index >= 15 is 0 Å². The molecule has 2 rings (SSSR count). The maximum absolute atomic E-state index is 5.68. The topological polar surface area (TPSA) is 38.1 Å². The smallest absolute Gasteiger partial charge is 0.195 e. The number of fused-ring (bicyclic) bond motifs is 1. The zero-order chi connectivity index (χ0) is 11.5. The van der Waals surface area contributed by atoms with E-state index in [2.05, 4.69) is 36.3 Å². The first-order valence-electron chi connectivity index (χ1n) is 5.72. The van der Waals surface area contributed by atoms with Crippen molar-refractivity contribution >= 4 is 11.1 Å². The van der Waals surface area contributed by atoms with Crippen molar-refractivity contribution in [2.24, 2.45) is 5.92 Å². The molecule has 0 unspecified atom stereocenters. The zero-order valence-corrected chi connectivity index (χ0v) is 10.1. The minimum atomic E-state index is 0.574. The van der Waals surface area contributed by atoms with Gasteiger partial charge in [-0.3, -0.25) is 0 Å². The van der Waals surface area contributed by atoms with Crippen molar-refractivity contribution in [2.45, 2.75) is 26.8 Å². The van der Waals surface area contributed by atoms with Crippen LogP contribution in [0.5, 0.6) is 0 Å². The number of hydrogen-bond acceptors (Lipinski definition) is 3. The molecule has 3 nitrogen and oxygen atoms in total. The molecule has 0 atom stereocenters. The molecule has 86 valence electrons. The first-order valence-corrected chi connectivity index (χ1v) is 5.72. The Morgan fingerprint density at radius 3 is 2.88 bits per heavy atom. The lowest BCUT2D eigenvalue weighted by Gasteiger charge is -1.97. The summed E-state index contributed by atoms with van der Waals surface area (Å²) in [5, 5.41) is 3.13. The molecule has 0 radical (unpaired) electrons. The monoisotopic (exact) mass is 218 g/mol. The Kier molecular flexibility index (Phi) is 3.25. The number of nitrogens with one attached hydrogen (secondary N) is 1. The number of benzene rings is 1. The minimum absolute atomic E-state index is 0.574. The fourth-order valence-corrected chi connectivity index (χ4v) is 1.77. The summed E-state index contributed by atoms with van der Waals surface area (Å²) in [6, 6.07) is 6.15. The van der Waals surface area contributed by atoms with Gasteiger partial charge in [0.05, 0.1) is 0 Å². The largest absolute Gasteiger partial charge is 0.441 e. The number of rotatable bonds is 4. The maximum atomic E-state index is 5.68. The molecule has 0 spiro atoms. The summed E-state index contributed by atoms with van der Waals surface area (Å²) in [6.07, 6.45) is 0.899. The molecule has 16 heavy (non-hydrogen) atoms. The molecule has 0 saturated carbocycles. The lowest BCUT2D eigenvalue weighted by Crippen LogP contribution is -2.04. The molecule has 1 heterocycles. The van der Waals surface area contributed by atoms with E-state index in [9.17, 15) is 0 Å². The standard InChI is InChI=1S/C13H18N2O/c1-9(2)6-13-15-11-7-10(8-14-3)4-5-12(11)16-13/h4-5,7,9,14H,6,8H2,1-3H3. The van der Waals surface area contributed by atoms with Crippen LogP contribution in [0.2, 0.25) is 0 Å². The van der Waals surface area contributed by atoms with Crippen LogP contribution in [-0.4, -0.2) is 12.0 Å². The Morgan fingerprint density at radius 2 is 2.19 bits per heavy atom. The van der Waals surface area contributed by atoms with E-state index in [0.717, 1.165) is 30.0 Å². The van der Waals surface area contributed by atoms with Crippen LogP contribution < -0.4 is 5.32 Å². The van der Waals surface area contributed by atoms with Crippen LogP contribution in [-0.2, 0) is 13.0 Å². The van der Waals surface area contributed by atoms with Crippen molar-refractivity contribution < 1.29 is 4.42 Å². The van der Waals surface area contributed by atoms with E-state index in [1.54, 1.807) is 0 Å². The highest BCUT2D eigenvalue weighted by Gasteiger charge is 2.07. The van der Waals surface area contributed by atoms with Crippen LogP contribution in [0.1, 0.15) is 25.3 Å². The molecule has 0 aliphatic carbocycles. The molecule has 0 amide bonds. The van der Waals surface area contributed by atoms with E-state index < -0.39 is 0 Å². The van der Waals surface area contributed by atoms with Crippen molar-refractivity contribution in [3.8, 4) is 0 Å². The zero-order valence-electron chi connectivity index (χ0n) is 10.1. The summed E-state index contributed by atoms with van der Waals surface area (Å²) in [5.41, 5.74) is 3.08. The van der Waals surface area contributed by atoms with Gasteiger partial charge < -0.3 is 9.73 Å². The van der Waals surface area contributed by atoms with Crippen molar-refractivity contribution in [2.75, 3.05) is 7.05 Å². The summed E-state index contributed by atoms with van der Waals surface area (Å²) in [6.45, 7) is 5.20. The molecule has 1 N–H and O–H groups in total. The summed E-state index contributed by atoms with van der Waals surface area (Å²) in [7, 11) is 1.94. The lowest BCUT2D eigenvalue weighted by atomic mass is 10.1. The van der Waals surface area contributed by atoms with Gasteiger partial charge in [0.2, 0.25) is 0 Å². The van der Waals surface area contributed by atoms with Crippen LogP contribution in [0.15, 0.2) is 22.6 Å². The molecule has 1 aromatic heterocycles. The fraction of sp³-hybridized carbons (Fsp3) is 0.462. The third kappa shape index (κ3) is 2.42. The Bertz CT molecular complexity index is 474. The van der Waals surface area contributed by atoms with Gasteiger partial charge in [0.15, 0.2) is 11.5 Å². The van der Waals surface area contributed by atoms with Gasteiger partial charge in [-0.1, -0.05) is 19.9 Å². The van der Waals surface area contributed by atoms with Gasteiger partial charge in [-0.25, -0.2) is 4.98 Å². The second-order valence-electron chi connectivity index (χ2n) is 4.54. The van der Waals surface area contributed by atoms with E-state index in [1.165, 1.54) is 5.56 Å². The van der Waals surface area contributed by atoms with Gasteiger partial charge in [-0.05, 0) is 30.7 Å². The molecule has 0 fully saturated rings. The Balaban J connectivity index is 2.30. The van der Waals surface area contributed by atoms with E-state index in [-0.39, 0.29) is 0 Å². The molecule has 0 saturated heterocycles. The molecule has 0 bridgehead atoms. The average Bonchev–Trinajstić information content (AvgIpc) is 2.58. The van der Waals surface area contributed by atoms with Crippen molar-refractivity contribution in [3.63, 3.8) is 0 Å². The Labute approximate surface area is 95.9 Å².